The van der Waals surface area contributed by atoms with Crippen LogP contribution in [0.15, 0.2) is 28.7 Å². The molecule has 0 N–H and O–H groups in total. The quantitative estimate of drug-likeness (QED) is 0.800. The molecule has 1 unspecified atom stereocenters. The van der Waals surface area contributed by atoms with Crippen LogP contribution >= 0.6 is 15.9 Å². The molecule has 0 spiro atoms. The van der Waals surface area contributed by atoms with Crippen LogP contribution in [0.2, 0.25) is 0 Å². The summed E-state index contributed by atoms with van der Waals surface area (Å²) >= 11 is 3.38. The van der Waals surface area contributed by atoms with Crippen LogP contribution in [-0.4, -0.2) is 54.9 Å². The Morgan fingerprint density at radius 1 is 1.33 bits per heavy atom. The maximum atomic E-state index is 12.2. The fourth-order valence-electron chi connectivity index (χ4n) is 2.32. The van der Waals surface area contributed by atoms with E-state index in [1.54, 1.807) is 0 Å². The lowest BCUT2D eigenvalue weighted by Gasteiger charge is -2.37. The third kappa shape index (κ3) is 3.40. The lowest BCUT2D eigenvalue weighted by molar-refractivity contribution is 0.0747. The van der Waals surface area contributed by atoms with Gasteiger partial charge >= 0.3 is 0 Å². The summed E-state index contributed by atoms with van der Waals surface area (Å²) in [4.78, 5) is 16.8. The fraction of sp³-hybridized carbons (Fsp3) is 0.500. The number of benzene rings is 1. The molecule has 0 amide bonds. The predicted molar refractivity (Wildman–Crippen MR) is 77.0 cm³/mol. The van der Waals surface area contributed by atoms with Crippen molar-refractivity contribution in [2.75, 3.05) is 33.2 Å². The van der Waals surface area contributed by atoms with Gasteiger partial charge in [-0.3, -0.25) is 9.69 Å². The molecule has 1 aliphatic heterocycles. The third-order valence-electron chi connectivity index (χ3n) is 3.48. The van der Waals surface area contributed by atoms with Gasteiger partial charge < -0.3 is 4.90 Å². The summed E-state index contributed by atoms with van der Waals surface area (Å²) in [5, 5.41) is 0. The average Bonchev–Trinajstić information content (AvgIpc) is 2.33. The minimum absolute atomic E-state index is 0.207. The van der Waals surface area contributed by atoms with E-state index >= 15 is 0 Å². The van der Waals surface area contributed by atoms with E-state index in [4.69, 9.17) is 0 Å². The van der Waals surface area contributed by atoms with Crippen LogP contribution < -0.4 is 0 Å². The van der Waals surface area contributed by atoms with E-state index in [9.17, 15) is 4.79 Å². The fourth-order valence-corrected chi connectivity index (χ4v) is 2.59. The summed E-state index contributed by atoms with van der Waals surface area (Å²) in [6, 6.07) is 8.05. The Hall–Kier alpha value is -0.710. The van der Waals surface area contributed by atoms with Crippen molar-refractivity contribution in [3.63, 3.8) is 0 Å². The second-order valence-corrected chi connectivity index (χ2v) is 5.93. The van der Waals surface area contributed by atoms with Crippen LogP contribution in [-0.2, 0) is 0 Å². The lowest BCUT2D eigenvalue weighted by atomic mass is 10.1. The molecule has 1 saturated heterocycles. The zero-order valence-electron chi connectivity index (χ0n) is 10.9. The molecule has 1 atom stereocenters. The molecule has 0 bridgehead atoms. The predicted octanol–water partition coefficient (Wildman–Crippen LogP) is 2.27. The third-order valence-corrected chi connectivity index (χ3v) is 4.01. The van der Waals surface area contributed by atoms with Crippen molar-refractivity contribution in [3.05, 3.63) is 34.3 Å². The van der Waals surface area contributed by atoms with Crippen molar-refractivity contribution < 1.29 is 4.79 Å². The standard InChI is InChI=1S/C14H19BrN2O/c1-11-9-16(2)7-8-17(11)10-14(18)12-3-5-13(15)6-4-12/h3-6,11H,7-10H2,1-2H3. The van der Waals surface area contributed by atoms with E-state index in [-0.39, 0.29) is 5.78 Å². The van der Waals surface area contributed by atoms with Gasteiger partial charge in [-0.05, 0) is 26.1 Å². The van der Waals surface area contributed by atoms with E-state index in [0.717, 1.165) is 29.7 Å². The molecule has 3 nitrogen and oxygen atoms in total. The minimum Gasteiger partial charge on any atom is -0.304 e. The highest BCUT2D eigenvalue weighted by Crippen LogP contribution is 2.13. The van der Waals surface area contributed by atoms with Gasteiger partial charge in [-0.25, -0.2) is 0 Å². The summed E-state index contributed by atoms with van der Waals surface area (Å²) in [5.74, 6) is 0.207. The average molecular weight is 311 g/mol. The topological polar surface area (TPSA) is 23.6 Å². The highest BCUT2D eigenvalue weighted by atomic mass is 79.9. The van der Waals surface area contributed by atoms with Crippen molar-refractivity contribution >= 4 is 21.7 Å². The highest BCUT2D eigenvalue weighted by Gasteiger charge is 2.23. The Bertz CT molecular complexity index is 418. The molecule has 1 aliphatic rings. The smallest absolute Gasteiger partial charge is 0.176 e. The van der Waals surface area contributed by atoms with E-state index in [1.807, 2.05) is 24.3 Å². The molecule has 0 aromatic heterocycles. The molecule has 1 fully saturated rings. The van der Waals surface area contributed by atoms with E-state index < -0.39 is 0 Å². The minimum atomic E-state index is 0.207. The van der Waals surface area contributed by atoms with Gasteiger partial charge in [0.15, 0.2) is 5.78 Å². The van der Waals surface area contributed by atoms with Crippen molar-refractivity contribution in [1.82, 2.24) is 9.80 Å². The summed E-state index contributed by atoms with van der Waals surface area (Å²) in [6.07, 6.45) is 0. The van der Waals surface area contributed by atoms with Crippen molar-refractivity contribution in [3.8, 4) is 0 Å². The van der Waals surface area contributed by atoms with E-state index in [1.165, 1.54) is 0 Å². The molecular weight excluding hydrogens is 292 g/mol. The Morgan fingerprint density at radius 2 is 2.00 bits per heavy atom. The first kappa shape index (κ1) is 13.7. The molecule has 18 heavy (non-hydrogen) atoms. The molecule has 2 rings (SSSR count). The van der Waals surface area contributed by atoms with E-state index in [0.29, 0.717) is 12.6 Å². The van der Waals surface area contributed by atoms with E-state index in [2.05, 4.69) is 39.7 Å². The number of ketones is 1. The van der Waals surface area contributed by atoms with Crippen LogP contribution in [0, 0.1) is 0 Å². The van der Waals surface area contributed by atoms with Gasteiger partial charge in [-0.15, -0.1) is 0 Å². The first-order valence-corrected chi connectivity index (χ1v) is 7.07. The normalized spacial score (nSPS) is 22.1. The number of nitrogens with zero attached hydrogens (tertiary/aromatic N) is 2. The van der Waals surface area contributed by atoms with Crippen LogP contribution in [0.25, 0.3) is 0 Å². The number of carbonyl (C=O) groups excluding carboxylic acids is 1. The lowest BCUT2D eigenvalue weighted by Crippen LogP contribution is -2.51. The molecule has 1 heterocycles. The number of rotatable bonds is 3. The Labute approximate surface area is 117 Å². The summed E-state index contributed by atoms with van der Waals surface area (Å²) < 4.78 is 1.01. The number of Topliss-reactive ketones (excluding diaryl/α,β-unsaturated/α-hetero) is 1. The zero-order chi connectivity index (χ0) is 13.1. The first-order valence-electron chi connectivity index (χ1n) is 6.27. The maximum Gasteiger partial charge on any atom is 0.176 e. The summed E-state index contributed by atoms with van der Waals surface area (Å²) in [6.45, 7) is 5.76. The molecular formula is C14H19BrN2O. The van der Waals surface area contributed by atoms with Gasteiger partial charge in [0.05, 0.1) is 6.54 Å². The van der Waals surface area contributed by atoms with Gasteiger partial charge in [0.1, 0.15) is 0 Å². The molecule has 0 saturated carbocycles. The Kier molecular flexibility index (Phi) is 4.54. The van der Waals surface area contributed by atoms with Crippen molar-refractivity contribution in [1.29, 1.82) is 0 Å². The number of hydrogen-bond acceptors (Lipinski definition) is 3. The summed E-state index contributed by atoms with van der Waals surface area (Å²) in [7, 11) is 2.13. The van der Waals surface area contributed by atoms with Gasteiger partial charge in [0.25, 0.3) is 0 Å². The maximum absolute atomic E-state index is 12.2. The Morgan fingerprint density at radius 3 is 2.61 bits per heavy atom. The SMILES string of the molecule is CC1CN(C)CCN1CC(=O)c1ccc(Br)cc1. The van der Waals surface area contributed by atoms with Gasteiger partial charge in [0, 0.05) is 35.7 Å². The van der Waals surface area contributed by atoms with Gasteiger partial charge in [-0.2, -0.15) is 0 Å². The van der Waals surface area contributed by atoms with Crippen LogP contribution in [0.4, 0.5) is 0 Å². The van der Waals surface area contributed by atoms with Crippen LogP contribution in [0.5, 0.6) is 0 Å². The van der Waals surface area contributed by atoms with Crippen LogP contribution in [0.3, 0.4) is 0 Å². The molecule has 4 heteroatoms. The number of halogens is 1. The number of hydrogen-bond donors (Lipinski definition) is 0. The molecule has 98 valence electrons. The van der Waals surface area contributed by atoms with Crippen LogP contribution in [0.1, 0.15) is 17.3 Å². The molecule has 1 aromatic rings. The summed E-state index contributed by atoms with van der Waals surface area (Å²) in [5.41, 5.74) is 0.796. The number of carbonyl (C=O) groups is 1. The largest absolute Gasteiger partial charge is 0.304 e. The van der Waals surface area contributed by atoms with Gasteiger partial charge in [0.2, 0.25) is 0 Å². The molecule has 1 aromatic carbocycles. The highest BCUT2D eigenvalue weighted by molar-refractivity contribution is 9.10. The Balaban J connectivity index is 1.97. The van der Waals surface area contributed by atoms with Crippen molar-refractivity contribution in [2.24, 2.45) is 0 Å². The van der Waals surface area contributed by atoms with Crippen molar-refractivity contribution in [2.45, 2.75) is 13.0 Å². The molecule has 0 aliphatic carbocycles. The first-order chi connectivity index (χ1) is 8.56. The number of likely N-dealkylation sites (N-methyl/N-ethyl adjacent to an activating group) is 1. The molecule has 0 radical (unpaired) electrons. The monoisotopic (exact) mass is 310 g/mol. The number of piperazine rings is 1. The zero-order valence-corrected chi connectivity index (χ0v) is 12.5. The van der Waals surface area contributed by atoms with Gasteiger partial charge in [-0.1, -0.05) is 28.1 Å². The second-order valence-electron chi connectivity index (χ2n) is 5.01. The second kappa shape index (κ2) is 5.95.